The highest BCUT2D eigenvalue weighted by molar-refractivity contribution is 6.33. The molecule has 1 heterocycles. The summed E-state index contributed by atoms with van der Waals surface area (Å²) in [5.41, 5.74) is 2.30. The van der Waals surface area contributed by atoms with Gasteiger partial charge in [0.1, 0.15) is 0 Å². The molecule has 0 unspecified atom stereocenters. The molecule has 1 amide bonds. The number of hydrogen-bond acceptors (Lipinski definition) is 4. The van der Waals surface area contributed by atoms with Crippen LogP contribution in [0.3, 0.4) is 0 Å². The number of anilines is 1. The Kier molecular flexibility index (Phi) is 3.89. The van der Waals surface area contributed by atoms with Gasteiger partial charge in [0.25, 0.3) is 0 Å². The third-order valence-corrected chi connectivity index (χ3v) is 3.33. The van der Waals surface area contributed by atoms with Gasteiger partial charge in [-0.15, -0.1) is 10.2 Å². The fraction of sp³-hybridized carbons (Fsp3) is 0.0625. The third kappa shape index (κ3) is 2.99. The minimum Gasteiger partial charge on any atom is -0.412 e. The molecule has 0 atom stereocenters. The molecule has 0 radical (unpaired) electrons. The molecule has 1 N–H and O–H groups in total. The number of aryl methyl sites for hydroxylation is 1. The zero-order valence-electron chi connectivity index (χ0n) is 11.7. The predicted molar refractivity (Wildman–Crippen MR) is 83.9 cm³/mol. The van der Waals surface area contributed by atoms with E-state index in [0.717, 1.165) is 5.56 Å². The van der Waals surface area contributed by atoms with Crippen LogP contribution in [-0.2, 0) is 0 Å². The largest absolute Gasteiger partial charge is 0.412 e. The lowest BCUT2D eigenvalue weighted by atomic mass is 10.2. The van der Waals surface area contributed by atoms with Gasteiger partial charge in [-0.3, -0.25) is 4.79 Å². The first-order valence-electron chi connectivity index (χ1n) is 6.60. The molecule has 0 bridgehead atoms. The van der Waals surface area contributed by atoms with Crippen molar-refractivity contribution in [1.82, 2.24) is 10.2 Å². The predicted octanol–water partition coefficient (Wildman–Crippen LogP) is 3.95. The van der Waals surface area contributed by atoms with Crippen LogP contribution >= 0.6 is 11.6 Å². The smallest absolute Gasteiger partial charge is 0.313 e. The number of halogens is 1. The average molecular weight is 314 g/mol. The van der Waals surface area contributed by atoms with E-state index in [1.807, 2.05) is 25.1 Å². The number of carbonyl (C=O) groups excluding carboxylic acids is 1. The summed E-state index contributed by atoms with van der Waals surface area (Å²) in [6.45, 7) is 1.94. The molecule has 3 aromatic rings. The van der Waals surface area contributed by atoms with Gasteiger partial charge in [-0.25, -0.2) is 0 Å². The van der Waals surface area contributed by atoms with Crippen LogP contribution in [-0.4, -0.2) is 16.1 Å². The molecule has 22 heavy (non-hydrogen) atoms. The summed E-state index contributed by atoms with van der Waals surface area (Å²) in [6.07, 6.45) is 0. The SMILES string of the molecule is Cc1cccc(NC(=O)c2nnc(-c3ccccc3Cl)o2)c1. The number of amides is 1. The molecule has 3 rings (SSSR count). The Hall–Kier alpha value is -2.66. The number of aromatic nitrogens is 2. The number of hydrogen-bond donors (Lipinski definition) is 1. The first-order valence-corrected chi connectivity index (χ1v) is 6.98. The van der Waals surface area contributed by atoms with E-state index in [9.17, 15) is 4.79 Å². The van der Waals surface area contributed by atoms with Gasteiger partial charge in [0.2, 0.25) is 5.89 Å². The number of nitrogens with one attached hydrogen (secondary N) is 1. The molecule has 0 saturated heterocycles. The van der Waals surface area contributed by atoms with Crippen molar-refractivity contribution in [3.8, 4) is 11.5 Å². The molecule has 6 heteroatoms. The molecule has 1 aromatic heterocycles. The molecule has 2 aromatic carbocycles. The Morgan fingerprint density at radius 1 is 1.14 bits per heavy atom. The van der Waals surface area contributed by atoms with Crippen LogP contribution < -0.4 is 5.32 Å². The van der Waals surface area contributed by atoms with Crippen LogP contribution in [0.4, 0.5) is 5.69 Å². The van der Waals surface area contributed by atoms with Gasteiger partial charge >= 0.3 is 11.8 Å². The van der Waals surface area contributed by atoms with Crippen LogP contribution in [0.5, 0.6) is 0 Å². The zero-order chi connectivity index (χ0) is 15.5. The van der Waals surface area contributed by atoms with Crippen LogP contribution in [0, 0.1) is 6.92 Å². The van der Waals surface area contributed by atoms with Crippen LogP contribution in [0.25, 0.3) is 11.5 Å². The Balaban J connectivity index is 1.82. The quantitative estimate of drug-likeness (QED) is 0.795. The summed E-state index contributed by atoms with van der Waals surface area (Å²) in [5.74, 6) is -0.368. The topological polar surface area (TPSA) is 68.0 Å². The van der Waals surface area contributed by atoms with Crippen LogP contribution in [0.2, 0.25) is 5.02 Å². The van der Waals surface area contributed by atoms with Crippen molar-refractivity contribution >= 4 is 23.2 Å². The van der Waals surface area contributed by atoms with E-state index in [-0.39, 0.29) is 11.8 Å². The zero-order valence-corrected chi connectivity index (χ0v) is 12.5. The average Bonchev–Trinajstić information content (AvgIpc) is 2.97. The maximum atomic E-state index is 12.1. The standard InChI is InChI=1S/C16H12ClN3O2/c1-10-5-4-6-11(9-10)18-14(21)16-20-19-15(22-16)12-7-2-3-8-13(12)17/h2-9H,1H3,(H,18,21). The lowest BCUT2D eigenvalue weighted by molar-refractivity contribution is 0.0991. The van der Waals surface area contributed by atoms with Crippen molar-refractivity contribution < 1.29 is 9.21 Å². The van der Waals surface area contributed by atoms with E-state index in [1.165, 1.54) is 0 Å². The normalized spacial score (nSPS) is 10.5. The maximum Gasteiger partial charge on any atom is 0.313 e. The first kappa shape index (κ1) is 14.3. The molecular weight excluding hydrogens is 302 g/mol. The molecule has 0 aliphatic heterocycles. The highest BCUT2D eigenvalue weighted by atomic mass is 35.5. The van der Waals surface area contributed by atoms with Crippen molar-refractivity contribution in [2.45, 2.75) is 6.92 Å². The summed E-state index contributed by atoms with van der Waals surface area (Å²) in [7, 11) is 0. The molecule has 0 fully saturated rings. The van der Waals surface area contributed by atoms with Crippen molar-refractivity contribution in [2.24, 2.45) is 0 Å². The summed E-state index contributed by atoms with van der Waals surface area (Å²) >= 11 is 6.07. The van der Waals surface area contributed by atoms with E-state index in [0.29, 0.717) is 16.3 Å². The van der Waals surface area contributed by atoms with Gasteiger partial charge in [-0.05, 0) is 36.8 Å². The molecule has 0 aliphatic carbocycles. The highest BCUT2D eigenvalue weighted by Gasteiger charge is 2.17. The van der Waals surface area contributed by atoms with Gasteiger partial charge in [-0.1, -0.05) is 35.9 Å². The summed E-state index contributed by atoms with van der Waals surface area (Å²) in [5, 5.41) is 10.8. The van der Waals surface area contributed by atoms with Gasteiger partial charge in [0.15, 0.2) is 0 Å². The lowest BCUT2D eigenvalue weighted by Crippen LogP contribution is -2.12. The Morgan fingerprint density at radius 3 is 2.73 bits per heavy atom. The third-order valence-electron chi connectivity index (χ3n) is 3.00. The molecule has 5 nitrogen and oxygen atoms in total. The minimum atomic E-state index is -0.462. The van der Waals surface area contributed by atoms with E-state index in [4.69, 9.17) is 16.0 Å². The van der Waals surface area contributed by atoms with Crippen molar-refractivity contribution in [1.29, 1.82) is 0 Å². The van der Waals surface area contributed by atoms with Gasteiger partial charge in [-0.2, -0.15) is 0 Å². The Bertz CT molecular complexity index is 830. The summed E-state index contributed by atoms with van der Waals surface area (Å²) in [6, 6.07) is 14.5. The Morgan fingerprint density at radius 2 is 1.95 bits per heavy atom. The van der Waals surface area contributed by atoms with E-state index in [2.05, 4.69) is 15.5 Å². The highest BCUT2D eigenvalue weighted by Crippen LogP contribution is 2.26. The van der Waals surface area contributed by atoms with Crippen LogP contribution in [0.15, 0.2) is 52.9 Å². The second-order valence-electron chi connectivity index (χ2n) is 4.72. The second kappa shape index (κ2) is 5.99. The Labute approximate surface area is 131 Å². The second-order valence-corrected chi connectivity index (χ2v) is 5.12. The fourth-order valence-electron chi connectivity index (χ4n) is 1.97. The monoisotopic (exact) mass is 313 g/mol. The van der Waals surface area contributed by atoms with Crippen molar-refractivity contribution in [2.75, 3.05) is 5.32 Å². The lowest BCUT2D eigenvalue weighted by Gasteiger charge is -2.02. The maximum absolute atomic E-state index is 12.1. The van der Waals surface area contributed by atoms with E-state index < -0.39 is 5.91 Å². The fourth-order valence-corrected chi connectivity index (χ4v) is 2.18. The number of carbonyl (C=O) groups is 1. The molecule has 0 aliphatic rings. The van der Waals surface area contributed by atoms with Crippen LogP contribution in [0.1, 0.15) is 16.2 Å². The van der Waals surface area contributed by atoms with Gasteiger partial charge < -0.3 is 9.73 Å². The molecule has 110 valence electrons. The van der Waals surface area contributed by atoms with Gasteiger partial charge in [0.05, 0.1) is 10.6 Å². The first-order chi connectivity index (χ1) is 10.6. The molecule has 0 spiro atoms. The number of benzene rings is 2. The number of nitrogens with zero attached hydrogens (tertiary/aromatic N) is 2. The minimum absolute atomic E-state index is 0.114. The van der Waals surface area contributed by atoms with E-state index >= 15 is 0 Å². The number of rotatable bonds is 3. The van der Waals surface area contributed by atoms with E-state index in [1.54, 1.807) is 30.3 Å². The summed E-state index contributed by atoms with van der Waals surface area (Å²) in [4.78, 5) is 12.1. The van der Waals surface area contributed by atoms with Crippen molar-refractivity contribution in [3.05, 3.63) is 65.0 Å². The van der Waals surface area contributed by atoms with Gasteiger partial charge in [0, 0.05) is 5.69 Å². The molecule has 0 saturated carbocycles. The molecular formula is C16H12ClN3O2. The van der Waals surface area contributed by atoms with Crippen molar-refractivity contribution in [3.63, 3.8) is 0 Å². The summed E-state index contributed by atoms with van der Waals surface area (Å²) < 4.78 is 5.40.